The van der Waals surface area contributed by atoms with Gasteiger partial charge in [0.05, 0.1) is 13.1 Å². The normalized spacial score (nSPS) is 19.2. The highest BCUT2D eigenvalue weighted by Crippen LogP contribution is 2.19. The van der Waals surface area contributed by atoms with E-state index < -0.39 is 11.9 Å². The van der Waals surface area contributed by atoms with Crippen LogP contribution in [0.15, 0.2) is 12.1 Å². The SMILES string of the molecule is Cc1ccc(CC(C)N2CC(=O)OC(=O)C2)s1. The number of carbonyl (C=O) groups is 2. The Morgan fingerprint density at radius 3 is 2.53 bits per heavy atom. The highest BCUT2D eigenvalue weighted by atomic mass is 32.1. The van der Waals surface area contributed by atoms with E-state index in [1.807, 2.05) is 11.8 Å². The van der Waals surface area contributed by atoms with Crippen LogP contribution in [0.5, 0.6) is 0 Å². The van der Waals surface area contributed by atoms with E-state index in [0.717, 1.165) is 6.42 Å². The lowest BCUT2D eigenvalue weighted by molar-refractivity contribution is -0.167. The van der Waals surface area contributed by atoms with E-state index in [4.69, 9.17) is 0 Å². The van der Waals surface area contributed by atoms with Crippen LogP contribution in [0.3, 0.4) is 0 Å². The smallest absolute Gasteiger partial charge is 0.327 e. The highest BCUT2D eigenvalue weighted by Gasteiger charge is 2.28. The maximum Gasteiger partial charge on any atom is 0.327 e. The minimum absolute atomic E-state index is 0.171. The molecule has 5 heteroatoms. The van der Waals surface area contributed by atoms with Crippen molar-refractivity contribution >= 4 is 23.3 Å². The Bertz CT molecular complexity index is 425. The largest absolute Gasteiger partial charge is 0.391 e. The van der Waals surface area contributed by atoms with Gasteiger partial charge in [-0.15, -0.1) is 11.3 Å². The summed E-state index contributed by atoms with van der Waals surface area (Å²) in [6.07, 6.45) is 0.860. The van der Waals surface area contributed by atoms with Crippen molar-refractivity contribution in [2.75, 3.05) is 13.1 Å². The monoisotopic (exact) mass is 253 g/mol. The number of hydrogen-bond acceptors (Lipinski definition) is 5. The predicted octanol–water partition coefficient (Wildman–Crippen LogP) is 1.37. The van der Waals surface area contributed by atoms with Gasteiger partial charge in [0, 0.05) is 15.8 Å². The molecule has 17 heavy (non-hydrogen) atoms. The summed E-state index contributed by atoms with van der Waals surface area (Å²) in [5, 5.41) is 0. The number of aryl methyl sites for hydroxylation is 1. The molecule has 0 saturated carbocycles. The molecule has 1 aliphatic rings. The van der Waals surface area contributed by atoms with E-state index in [-0.39, 0.29) is 19.1 Å². The van der Waals surface area contributed by atoms with Crippen LogP contribution in [-0.4, -0.2) is 36.0 Å². The molecule has 1 atom stereocenters. The summed E-state index contributed by atoms with van der Waals surface area (Å²) >= 11 is 1.75. The molecule has 1 aliphatic heterocycles. The molecule has 2 heterocycles. The Hall–Kier alpha value is -1.20. The van der Waals surface area contributed by atoms with E-state index >= 15 is 0 Å². The number of morpholine rings is 1. The second kappa shape index (κ2) is 4.98. The third kappa shape index (κ3) is 3.14. The quantitative estimate of drug-likeness (QED) is 0.603. The standard InChI is InChI=1S/C12H15NO3S/c1-8(5-10-4-3-9(2)17-10)13-6-11(14)16-12(15)7-13/h3-4,8H,5-7H2,1-2H3. The molecule has 0 aliphatic carbocycles. The second-order valence-corrected chi connectivity index (χ2v) is 5.69. The molecule has 1 fully saturated rings. The van der Waals surface area contributed by atoms with Crippen LogP contribution in [0.4, 0.5) is 0 Å². The third-order valence-electron chi connectivity index (χ3n) is 2.81. The zero-order chi connectivity index (χ0) is 12.4. The van der Waals surface area contributed by atoms with E-state index in [2.05, 4.69) is 23.8 Å². The first-order chi connectivity index (χ1) is 8.04. The predicted molar refractivity (Wildman–Crippen MR) is 64.9 cm³/mol. The topological polar surface area (TPSA) is 46.6 Å². The zero-order valence-corrected chi connectivity index (χ0v) is 10.8. The molecule has 0 aromatic carbocycles. The molecule has 1 saturated heterocycles. The zero-order valence-electron chi connectivity index (χ0n) is 9.93. The maximum atomic E-state index is 11.2. The fraction of sp³-hybridized carbons (Fsp3) is 0.500. The minimum Gasteiger partial charge on any atom is -0.391 e. The average Bonchev–Trinajstić information content (AvgIpc) is 2.62. The van der Waals surface area contributed by atoms with Gasteiger partial charge in [0.1, 0.15) is 0 Å². The minimum atomic E-state index is -0.449. The molecule has 4 nitrogen and oxygen atoms in total. The molecular weight excluding hydrogens is 238 g/mol. The Morgan fingerprint density at radius 1 is 1.35 bits per heavy atom. The summed E-state index contributed by atoms with van der Waals surface area (Å²) in [5.41, 5.74) is 0. The van der Waals surface area contributed by atoms with Gasteiger partial charge in [-0.25, -0.2) is 0 Å². The maximum absolute atomic E-state index is 11.2. The lowest BCUT2D eigenvalue weighted by Crippen LogP contribution is -2.47. The summed E-state index contributed by atoms with van der Waals surface area (Å²) in [6.45, 7) is 4.51. The van der Waals surface area contributed by atoms with Gasteiger partial charge in [-0.1, -0.05) is 0 Å². The highest BCUT2D eigenvalue weighted by molar-refractivity contribution is 7.11. The number of rotatable bonds is 3. The van der Waals surface area contributed by atoms with Gasteiger partial charge in [-0.2, -0.15) is 0 Å². The molecule has 0 bridgehead atoms. The number of esters is 2. The van der Waals surface area contributed by atoms with Gasteiger partial charge in [0.2, 0.25) is 0 Å². The van der Waals surface area contributed by atoms with Gasteiger partial charge in [-0.3, -0.25) is 14.5 Å². The van der Waals surface area contributed by atoms with Gasteiger partial charge in [0.15, 0.2) is 0 Å². The van der Waals surface area contributed by atoms with Crippen LogP contribution in [0.2, 0.25) is 0 Å². The summed E-state index contributed by atoms with van der Waals surface area (Å²) in [7, 11) is 0. The van der Waals surface area contributed by atoms with E-state index in [1.54, 1.807) is 11.3 Å². The van der Waals surface area contributed by atoms with Crippen molar-refractivity contribution in [3.05, 3.63) is 21.9 Å². The molecule has 2 rings (SSSR count). The number of cyclic esters (lactones) is 2. The van der Waals surface area contributed by atoms with Crippen LogP contribution < -0.4 is 0 Å². The van der Waals surface area contributed by atoms with Crippen molar-refractivity contribution in [3.8, 4) is 0 Å². The number of hydrogen-bond donors (Lipinski definition) is 0. The molecular formula is C12H15NO3S. The summed E-state index contributed by atoms with van der Waals surface area (Å²) in [4.78, 5) is 26.7. The second-order valence-electron chi connectivity index (χ2n) is 4.32. The third-order valence-corrected chi connectivity index (χ3v) is 3.83. The molecule has 1 aromatic rings. The Kier molecular flexibility index (Phi) is 3.59. The first-order valence-corrected chi connectivity index (χ1v) is 6.39. The lowest BCUT2D eigenvalue weighted by atomic mass is 10.1. The first kappa shape index (κ1) is 12.3. The van der Waals surface area contributed by atoms with Gasteiger partial charge in [-0.05, 0) is 32.4 Å². The van der Waals surface area contributed by atoms with Crippen molar-refractivity contribution in [2.24, 2.45) is 0 Å². The number of carbonyl (C=O) groups excluding carboxylic acids is 2. The summed E-state index contributed by atoms with van der Waals surface area (Å²) in [6, 6.07) is 4.35. The van der Waals surface area contributed by atoms with Gasteiger partial charge in [0.25, 0.3) is 0 Å². The molecule has 0 N–H and O–H groups in total. The number of nitrogens with zero attached hydrogens (tertiary/aromatic N) is 1. The van der Waals surface area contributed by atoms with Crippen LogP contribution in [-0.2, 0) is 20.7 Å². The Balaban J connectivity index is 1.97. The summed E-state index contributed by atoms with van der Waals surface area (Å²) in [5.74, 6) is -0.897. The van der Waals surface area contributed by atoms with Crippen LogP contribution in [0.1, 0.15) is 16.7 Å². The van der Waals surface area contributed by atoms with Crippen LogP contribution in [0.25, 0.3) is 0 Å². The van der Waals surface area contributed by atoms with E-state index in [1.165, 1.54) is 9.75 Å². The first-order valence-electron chi connectivity index (χ1n) is 5.57. The van der Waals surface area contributed by atoms with E-state index in [0.29, 0.717) is 0 Å². The molecule has 1 aromatic heterocycles. The fourth-order valence-electron chi connectivity index (χ4n) is 1.91. The van der Waals surface area contributed by atoms with Crippen molar-refractivity contribution in [1.29, 1.82) is 0 Å². The van der Waals surface area contributed by atoms with Crippen LogP contribution in [0, 0.1) is 6.92 Å². The van der Waals surface area contributed by atoms with Crippen molar-refractivity contribution in [2.45, 2.75) is 26.3 Å². The van der Waals surface area contributed by atoms with Gasteiger partial charge < -0.3 is 4.74 Å². The lowest BCUT2D eigenvalue weighted by Gasteiger charge is -2.29. The number of thiophene rings is 1. The van der Waals surface area contributed by atoms with Crippen molar-refractivity contribution in [3.63, 3.8) is 0 Å². The fourth-order valence-corrected chi connectivity index (χ4v) is 2.92. The molecule has 0 amide bonds. The Morgan fingerprint density at radius 2 is 2.00 bits per heavy atom. The van der Waals surface area contributed by atoms with Crippen molar-refractivity contribution in [1.82, 2.24) is 4.90 Å². The molecule has 1 unspecified atom stereocenters. The Labute approximate surface area is 104 Å². The molecule has 92 valence electrons. The van der Waals surface area contributed by atoms with Gasteiger partial charge >= 0.3 is 11.9 Å². The number of ether oxygens (including phenoxy) is 1. The average molecular weight is 253 g/mol. The van der Waals surface area contributed by atoms with E-state index in [9.17, 15) is 9.59 Å². The molecule has 0 spiro atoms. The summed E-state index contributed by atoms with van der Waals surface area (Å²) < 4.78 is 4.50. The van der Waals surface area contributed by atoms with Crippen molar-refractivity contribution < 1.29 is 14.3 Å². The van der Waals surface area contributed by atoms with Crippen LogP contribution >= 0.6 is 11.3 Å². The molecule has 0 radical (unpaired) electrons.